The van der Waals surface area contributed by atoms with E-state index in [9.17, 15) is 0 Å². The van der Waals surface area contributed by atoms with Crippen molar-refractivity contribution in [2.75, 3.05) is 6.61 Å². The molecule has 1 aromatic carbocycles. The van der Waals surface area contributed by atoms with Crippen molar-refractivity contribution < 1.29 is 4.74 Å². The molecule has 0 aromatic heterocycles. The summed E-state index contributed by atoms with van der Waals surface area (Å²) in [6.45, 7) is 0.895. The van der Waals surface area contributed by atoms with E-state index in [0.29, 0.717) is 0 Å². The Morgan fingerprint density at radius 1 is 1.36 bits per heavy atom. The maximum absolute atomic E-state index is 5.73. The summed E-state index contributed by atoms with van der Waals surface area (Å²) in [4.78, 5) is 0. The highest BCUT2D eigenvalue weighted by molar-refractivity contribution is 9.08. The summed E-state index contributed by atoms with van der Waals surface area (Å²) >= 11 is 3.44. The van der Waals surface area contributed by atoms with Gasteiger partial charge in [-0.25, -0.2) is 0 Å². The Labute approximate surface area is 93.6 Å². The van der Waals surface area contributed by atoms with E-state index in [2.05, 4.69) is 28.1 Å². The van der Waals surface area contributed by atoms with Gasteiger partial charge in [0.05, 0.1) is 6.61 Å². The molecule has 1 nitrogen and oxygen atoms in total. The predicted molar refractivity (Wildman–Crippen MR) is 61.9 cm³/mol. The summed E-state index contributed by atoms with van der Waals surface area (Å²) in [7, 11) is 0. The van der Waals surface area contributed by atoms with Crippen LogP contribution in [0.2, 0.25) is 0 Å². The number of alkyl halides is 1. The normalized spacial score (nSPS) is 16.4. The molecule has 2 rings (SSSR count). The van der Waals surface area contributed by atoms with Crippen LogP contribution in [-0.4, -0.2) is 6.61 Å². The van der Waals surface area contributed by atoms with Crippen LogP contribution < -0.4 is 4.74 Å². The average Bonchev–Trinajstić information content (AvgIpc) is 2.16. The number of hydrogen-bond donors (Lipinski definition) is 0. The molecule has 0 amide bonds. The molecule has 76 valence electrons. The molecule has 0 saturated heterocycles. The fourth-order valence-corrected chi connectivity index (χ4v) is 1.94. The van der Waals surface area contributed by atoms with Gasteiger partial charge in [0.2, 0.25) is 0 Å². The molecule has 0 N–H and O–H groups in total. The number of benzene rings is 1. The predicted octanol–water partition coefficient (Wildman–Crippen LogP) is 3.76. The van der Waals surface area contributed by atoms with Crippen molar-refractivity contribution in [3.05, 3.63) is 29.8 Å². The quantitative estimate of drug-likeness (QED) is 0.744. The van der Waals surface area contributed by atoms with Crippen LogP contribution in [0.25, 0.3) is 0 Å². The summed E-state index contributed by atoms with van der Waals surface area (Å²) in [5.74, 6) is 1.82. The van der Waals surface area contributed by atoms with Crippen molar-refractivity contribution in [1.29, 1.82) is 0 Å². The molecule has 14 heavy (non-hydrogen) atoms. The molecule has 1 aromatic rings. The van der Waals surface area contributed by atoms with Crippen LogP contribution in [0, 0.1) is 5.92 Å². The van der Waals surface area contributed by atoms with Crippen LogP contribution in [-0.2, 0) is 5.33 Å². The largest absolute Gasteiger partial charge is 0.493 e. The Hall–Kier alpha value is -0.500. The van der Waals surface area contributed by atoms with Crippen molar-refractivity contribution in [3.8, 4) is 5.75 Å². The van der Waals surface area contributed by atoms with E-state index in [4.69, 9.17) is 4.74 Å². The third-order valence-corrected chi connectivity index (χ3v) is 3.41. The Morgan fingerprint density at radius 2 is 2.21 bits per heavy atom. The summed E-state index contributed by atoms with van der Waals surface area (Å²) in [6, 6.07) is 8.29. The van der Waals surface area contributed by atoms with Gasteiger partial charge in [0.25, 0.3) is 0 Å². The maximum Gasteiger partial charge on any atom is 0.119 e. The van der Waals surface area contributed by atoms with Crippen molar-refractivity contribution >= 4 is 15.9 Å². The van der Waals surface area contributed by atoms with E-state index in [1.54, 1.807) is 0 Å². The zero-order valence-electron chi connectivity index (χ0n) is 8.21. The first kappa shape index (κ1) is 10.0. The van der Waals surface area contributed by atoms with E-state index < -0.39 is 0 Å². The van der Waals surface area contributed by atoms with Crippen LogP contribution >= 0.6 is 15.9 Å². The standard InChI is InChI=1S/C12H15BrO/c13-8-11-5-2-6-12(7-11)14-9-10-3-1-4-10/h2,5-7,10H,1,3-4,8-9H2. The van der Waals surface area contributed by atoms with Gasteiger partial charge < -0.3 is 4.74 Å². The zero-order chi connectivity index (χ0) is 9.80. The average molecular weight is 255 g/mol. The molecule has 1 aliphatic rings. The molecule has 0 aliphatic heterocycles. The lowest BCUT2D eigenvalue weighted by atomic mass is 9.86. The van der Waals surface area contributed by atoms with Crippen LogP contribution in [0.4, 0.5) is 0 Å². The number of hydrogen-bond acceptors (Lipinski definition) is 1. The first-order valence-corrected chi connectivity index (χ1v) is 6.28. The zero-order valence-corrected chi connectivity index (χ0v) is 9.79. The molecule has 1 fully saturated rings. The summed E-state index contributed by atoms with van der Waals surface area (Å²) < 4.78 is 5.73. The molecule has 1 saturated carbocycles. The van der Waals surface area contributed by atoms with E-state index in [1.165, 1.54) is 24.8 Å². The molecule has 0 bridgehead atoms. The fourth-order valence-electron chi connectivity index (χ4n) is 1.59. The van der Waals surface area contributed by atoms with Gasteiger partial charge in [-0.1, -0.05) is 34.5 Å². The lowest BCUT2D eigenvalue weighted by Crippen LogP contribution is -2.19. The van der Waals surface area contributed by atoms with Crippen LogP contribution in [0.15, 0.2) is 24.3 Å². The molecule has 1 aliphatic carbocycles. The Morgan fingerprint density at radius 3 is 2.86 bits per heavy atom. The lowest BCUT2D eigenvalue weighted by molar-refractivity contribution is 0.180. The molecule has 0 spiro atoms. The monoisotopic (exact) mass is 254 g/mol. The van der Waals surface area contributed by atoms with Crippen molar-refractivity contribution in [2.24, 2.45) is 5.92 Å². The first-order valence-electron chi connectivity index (χ1n) is 5.16. The maximum atomic E-state index is 5.73. The second-order valence-corrected chi connectivity index (χ2v) is 4.45. The van der Waals surface area contributed by atoms with Crippen molar-refractivity contribution in [1.82, 2.24) is 0 Å². The summed E-state index contributed by atoms with van der Waals surface area (Å²) in [6.07, 6.45) is 4.08. The minimum absolute atomic E-state index is 0.808. The van der Waals surface area contributed by atoms with Gasteiger partial charge in [0, 0.05) is 5.33 Å². The van der Waals surface area contributed by atoms with Gasteiger partial charge in [0.1, 0.15) is 5.75 Å². The van der Waals surface area contributed by atoms with Crippen LogP contribution in [0.5, 0.6) is 5.75 Å². The molecule has 0 atom stereocenters. The SMILES string of the molecule is BrCc1cccc(OCC2CCC2)c1. The second-order valence-electron chi connectivity index (χ2n) is 3.89. The number of halogens is 1. The smallest absolute Gasteiger partial charge is 0.119 e. The minimum atomic E-state index is 0.808. The first-order chi connectivity index (χ1) is 6.88. The van der Waals surface area contributed by atoms with Gasteiger partial charge >= 0.3 is 0 Å². The van der Waals surface area contributed by atoms with Crippen molar-refractivity contribution in [3.63, 3.8) is 0 Å². The highest BCUT2D eigenvalue weighted by atomic mass is 79.9. The van der Waals surface area contributed by atoms with E-state index in [1.807, 2.05) is 12.1 Å². The highest BCUT2D eigenvalue weighted by Crippen LogP contribution is 2.27. The molecular formula is C12H15BrO. The van der Waals surface area contributed by atoms with Crippen LogP contribution in [0.1, 0.15) is 24.8 Å². The van der Waals surface area contributed by atoms with E-state index in [0.717, 1.165) is 23.6 Å². The number of ether oxygens (including phenoxy) is 1. The Bertz CT molecular complexity index is 294. The van der Waals surface area contributed by atoms with Crippen LogP contribution in [0.3, 0.4) is 0 Å². The highest BCUT2D eigenvalue weighted by Gasteiger charge is 2.17. The third kappa shape index (κ3) is 2.50. The second kappa shape index (κ2) is 4.83. The fraction of sp³-hybridized carbons (Fsp3) is 0.500. The molecule has 0 radical (unpaired) electrons. The van der Waals surface area contributed by atoms with Gasteiger partial charge in [-0.15, -0.1) is 0 Å². The summed E-state index contributed by atoms with van der Waals surface area (Å²) in [5, 5.41) is 0.896. The molecule has 0 unspecified atom stereocenters. The lowest BCUT2D eigenvalue weighted by Gasteiger charge is -2.25. The molecular weight excluding hydrogens is 240 g/mol. The third-order valence-electron chi connectivity index (χ3n) is 2.76. The van der Waals surface area contributed by atoms with Gasteiger partial charge in [-0.3, -0.25) is 0 Å². The van der Waals surface area contributed by atoms with Gasteiger partial charge in [-0.2, -0.15) is 0 Å². The van der Waals surface area contributed by atoms with E-state index >= 15 is 0 Å². The van der Waals surface area contributed by atoms with Gasteiger partial charge in [0.15, 0.2) is 0 Å². The molecule has 0 heterocycles. The molecule has 2 heteroatoms. The summed E-state index contributed by atoms with van der Waals surface area (Å²) in [5.41, 5.74) is 1.27. The van der Waals surface area contributed by atoms with Crippen molar-refractivity contribution in [2.45, 2.75) is 24.6 Å². The topological polar surface area (TPSA) is 9.23 Å². The van der Waals surface area contributed by atoms with E-state index in [-0.39, 0.29) is 0 Å². The van der Waals surface area contributed by atoms with Gasteiger partial charge in [-0.05, 0) is 36.5 Å². The Kier molecular flexibility index (Phi) is 3.46. The minimum Gasteiger partial charge on any atom is -0.493 e. The Balaban J connectivity index is 1.87. The number of rotatable bonds is 4.